The highest BCUT2D eigenvalue weighted by Crippen LogP contribution is 2.54. The van der Waals surface area contributed by atoms with E-state index in [2.05, 4.69) is 30.9 Å². The van der Waals surface area contributed by atoms with E-state index in [1.54, 1.807) is 0 Å². The summed E-state index contributed by atoms with van der Waals surface area (Å²) in [5, 5.41) is 0. The highest BCUT2D eigenvalue weighted by molar-refractivity contribution is 5.89. The Hall–Kier alpha value is -1.83. The van der Waals surface area contributed by atoms with E-state index in [4.69, 9.17) is 4.74 Å². The minimum Gasteiger partial charge on any atom is -0.468 e. The molecule has 0 unspecified atom stereocenters. The number of rotatable bonds is 1. The number of methoxy groups -OCH3 is 1. The van der Waals surface area contributed by atoms with Crippen LogP contribution in [-0.2, 0) is 21.4 Å². The Kier molecular flexibility index (Phi) is 3.04. The summed E-state index contributed by atoms with van der Waals surface area (Å²) in [5.41, 5.74) is 4.12. The van der Waals surface area contributed by atoms with Crippen LogP contribution in [0.5, 0.6) is 0 Å². The van der Waals surface area contributed by atoms with E-state index in [9.17, 15) is 4.79 Å². The third-order valence-electron chi connectivity index (χ3n) is 4.77. The second kappa shape index (κ2) is 4.62. The average Bonchev–Trinajstić information content (AvgIpc) is 2.45. The molecule has 0 amide bonds. The third kappa shape index (κ3) is 1.60. The Bertz CT molecular complexity index is 612. The molecule has 2 heteroatoms. The van der Waals surface area contributed by atoms with Gasteiger partial charge in [-0.2, -0.15) is 0 Å². The molecule has 0 radical (unpaired) electrons. The van der Waals surface area contributed by atoms with Crippen molar-refractivity contribution in [3.8, 4) is 0 Å². The average molecular weight is 268 g/mol. The molecule has 1 aromatic rings. The Morgan fingerprint density at radius 3 is 2.85 bits per heavy atom. The molecule has 0 N–H and O–H groups in total. The van der Waals surface area contributed by atoms with Gasteiger partial charge in [0, 0.05) is 0 Å². The molecule has 3 rings (SSSR count). The van der Waals surface area contributed by atoms with Crippen LogP contribution >= 0.6 is 0 Å². The molecule has 1 fully saturated rings. The molecule has 0 spiro atoms. The first-order valence-corrected chi connectivity index (χ1v) is 7.13. The molecular formula is C18H20O2. The van der Waals surface area contributed by atoms with E-state index in [0.717, 1.165) is 24.0 Å². The van der Waals surface area contributed by atoms with Crippen molar-refractivity contribution in [3.05, 3.63) is 59.2 Å². The lowest BCUT2D eigenvalue weighted by Gasteiger charge is -2.47. The van der Waals surface area contributed by atoms with Crippen molar-refractivity contribution in [2.24, 2.45) is 5.92 Å². The summed E-state index contributed by atoms with van der Waals surface area (Å²) < 4.78 is 5.18. The van der Waals surface area contributed by atoms with Crippen molar-refractivity contribution in [2.75, 3.05) is 7.11 Å². The molecule has 2 aliphatic rings. The zero-order valence-electron chi connectivity index (χ0n) is 12.1. The molecule has 104 valence electrons. The number of carbonyl (C=O) groups is 1. The second-order valence-electron chi connectivity index (χ2n) is 5.83. The van der Waals surface area contributed by atoms with Gasteiger partial charge in [-0.25, -0.2) is 0 Å². The summed E-state index contributed by atoms with van der Waals surface area (Å²) in [6.45, 7) is 6.19. The Morgan fingerprint density at radius 2 is 2.15 bits per heavy atom. The van der Waals surface area contributed by atoms with Gasteiger partial charge in [-0.05, 0) is 48.8 Å². The van der Waals surface area contributed by atoms with E-state index in [0.29, 0.717) is 12.3 Å². The fraction of sp³-hybridized carbons (Fsp3) is 0.389. The lowest BCUT2D eigenvalue weighted by Crippen LogP contribution is -2.48. The minimum atomic E-state index is -0.641. The monoisotopic (exact) mass is 268 g/mol. The Morgan fingerprint density at radius 1 is 1.40 bits per heavy atom. The van der Waals surface area contributed by atoms with Crippen molar-refractivity contribution >= 4 is 5.97 Å². The molecular weight excluding hydrogens is 248 g/mol. The minimum absolute atomic E-state index is 0.149. The summed E-state index contributed by atoms with van der Waals surface area (Å²) in [6, 6.07) is 8.27. The Balaban J connectivity index is 2.31. The van der Waals surface area contributed by atoms with Crippen LogP contribution in [0.15, 0.2) is 48.1 Å². The predicted octanol–water partition coefficient (Wildman–Crippen LogP) is 3.57. The van der Waals surface area contributed by atoms with Crippen molar-refractivity contribution in [3.63, 3.8) is 0 Å². The molecule has 1 aromatic carbocycles. The van der Waals surface area contributed by atoms with Crippen LogP contribution < -0.4 is 0 Å². The molecule has 0 aromatic heterocycles. The molecule has 0 heterocycles. The van der Waals surface area contributed by atoms with Crippen LogP contribution in [0.3, 0.4) is 0 Å². The fourth-order valence-corrected chi connectivity index (χ4v) is 4.13. The summed E-state index contributed by atoms with van der Waals surface area (Å²) in [6.07, 6.45) is 4.76. The highest BCUT2D eigenvalue weighted by atomic mass is 16.5. The number of hydrogen-bond acceptors (Lipinski definition) is 2. The first kappa shape index (κ1) is 13.2. The van der Waals surface area contributed by atoms with Crippen molar-refractivity contribution in [2.45, 2.75) is 31.6 Å². The number of carbonyl (C=O) groups excluding carboxylic acids is 1. The van der Waals surface area contributed by atoms with E-state index in [1.165, 1.54) is 18.2 Å². The maximum Gasteiger partial charge on any atom is 0.320 e. The second-order valence-corrected chi connectivity index (χ2v) is 5.83. The van der Waals surface area contributed by atoms with Crippen LogP contribution in [0.1, 0.15) is 30.9 Å². The lowest BCUT2D eigenvalue weighted by molar-refractivity contribution is -0.146. The van der Waals surface area contributed by atoms with Gasteiger partial charge in [-0.15, -0.1) is 0 Å². The van der Waals surface area contributed by atoms with E-state index >= 15 is 0 Å². The van der Waals surface area contributed by atoms with Gasteiger partial charge in [0.15, 0.2) is 0 Å². The zero-order chi connectivity index (χ0) is 14.3. The number of esters is 1. The quantitative estimate of drug-likeness (QED) is 0.575. The van der Waals surface area contributed by atoms with Gasteiger partial charge < -0.3 is 4.74 Å². The maximum atomic E-state index is 12.7. The number of hydrogen-bond donors (Lipinski definition) is 0. The number of fused-ring (bicyclic) bond motifs is 4. The van der Waals surface area contributed by atoms with Crippen molar-refractivity contribution in [1.82, 2.24) is 0 Å². The van der Waals surface area contributed by atoms with Gasteiger partial charge in [-0.1, -0.05) is 42.5 Å². The molecule has 1 saturated carbocycles. The topological polar surface area (TPSA) is 26.3 Å². The molecule has 2 bridgehead atoms. The van der Waals surface area contributed by atoms with Crippen LogP contribution in [0.2, 0.25) is 0 Å². The Labute approximate surface area is 120 Å². The first-order valence-electron chi connectivity index (χ1n) is 7.13. The van der Waals surface area contributed by atoms with Crippen LogP contribution in [0.25, 0.3) is 0 Å². The molecule has 0 saturated heterocycles. The van der Waals surface area contributed by atoms with Gasteiger partial charge >= 0.3 is 5.97 Å². The summed E-state index contributed by atoms with van der Waals surface area (Å²) in [4.78, 5) is 12.7. The van der Waals surface area contributed by atoms with Crippen molar-refractivity contribution in [1.29, 1.82) is 0 Å². The van der Waals surface area contributed by atoms with E-state index in [1.807, 2.05) is 13.0 Å². The zero-order valence-corrected chi connectivity index (χ0v) is 12.1. The van der Waals surface area contributed by atoms with Crippen LogP contribution in [-0.4, -0.2) is 13.1 Å². The molecule has 0 aliphatic heterocycles. The lowest BCUT2D eigenvalue weighted by atomic mass is 9.55. The normalized spacial score (nSPS) is 30.0. The third-order valence-corrected chi connectivity index (χ3v) is 4.77. The van der Waals surface area contributed by atoms with Crippen molar-refractivity contribution < 1.29 is 9.53 Å². The van der Waals surface area contributed by atoms with Gasteiger partial charge in [0.05, 0.1) is 7.11 Å². The van der Waals surface area contributed by atoms with Gasteiger partial charge in [0.2, 0.25) is 0 Å². The summed E-state index contributed by atoms with van der Waals surface area (Å²) in [7, 11) is 1.48. The molecule has 2 aliphatic carbocycles. The number of allylic oxidation sites excluding steroid dienone is 2. The molecule has 2 nitrogen and oxygen atoms in total. The largest absolute Gasteiger partial charge is 0.468 e. The summed E-state index contributed by atoms with van der Waals surface area (Å²) >= 11 is 0. The smallest absolute Gasteiger partial charge is 0.320 e. The maximum absolute atomic E-state index is 12.7. The molecule has 2 atom stereocenters. The van der Waals surface area contributed by atoms with E-state index in [-0.39, 0.29) is 5.97 Å². The van der Waals surface area contributed by atoms with Crippen LogP contribution in [0.4, 0.5) is 0 Å². The standard InChI is InChI=1S/C18H20O2/c1-4-15-14-9-12(2)11-18(15,17(19)20-3)16-8-6-5-7-13(16)10-14/h4-8,14H,2,9-11H2,1,3H3/t14-,18+/m0/s1. The first-order chi connectivity index (χ1) is 9.63. The predicted molar refractivity (Wildman–Crippen MR) is 79.5 cm³/mol. The molecule has 20 heavy (non-hydrogen) atoms. The number of benzene rings is 1. The van der Waals surface area contributed by atoms with Crippen LogP contribution in [0, 0.1) is 5.92 Å². The van der Waals surface area contributed by atoms with Gasteiger partial charge in [0.25, 0.3) is 0 Å². The van der Waals surface area contributed by atoms with Gasteiger partial charge in [0.1, 0.15) is 5.41 Å². The van der Waals surface area contributed by atoms with E-state index < -0.39 is 5.41 Å². The summed E-state index contributed by atoms with van der Waals surface area (Å²) in [5.74, 6) is 0.235. The highest BCUT2D eigenvalue weighted by Gasteiger charge is 2.53. The SMILES string of the molecule is C=C1C[C@H]2Cc3ccccc3[C@@](C(=O)OC)(C1)C2=CC. The fourth-order valence-electron chi connectivity index (χ4n) is 4.13. The number of ether oxygens (including phenoxy) is 1. The van der Waals surface area contributed by atoms with Gasteiger partial charge in [-0.3, -0.25) is 4.79 Å².